The Morgan fingerprint density at radius 1 is 1.28 bits per heavy atom. The Bertz CT molecular complexity index is 594. The number of hydrogen-bond donors (Lipinski definition) is 1. The largest absolute Gasteiger partial charge is 0.459 e. The second kappa shape index (κ2) is 3.75. The van der Waals surface area contributed by atoms with Gasteiger partial charge in [0.1, 0.15) is 11.3 Å². The molecule has 0 bridgehead atoms. The first-order valence-corrected chi connectivity index (χ1v) is 7.10. The van der Waals surface area contributed by atoms with Crippen LogP contribution in [0, 0.1) is 5.92 Å². The lowest BCUT2D eigenvalue weighted by Gasteiger charge is -2.27. The highest BCUT2D eigenvalue weighted by Gasteiger charge is 2.50. The maximum Gasteiger partial charge on any atom is 0.134 e. The highest BCUT2D eigenvalue weighted by atomic mass is 35.5. The van der Waals surface area contributed by atoms with Crippen molar-refractivity contribution in [2.45, 2.75) is 31.2 Å². The molecule has 1 atom stereocenters. The molecule has 1 aliphatic heterocycles. The summed E-state index contributed by atoms with van der Waals surface area (Å²) in [6, 6.07) is 8.02. The number of rotatable bonds is 2. The summed E-state index contributed by atoms with van der Waals surface area (Å²) < 4.78 is 6.09. The van der Waals surface area contributed by atoms with Crippen LogP contribution in [0.25, 0.3) is 11.0 Å². The van der Waals surface area contributed by atoms with Crippen molar-refractivity contribution in [3.05, 3.63) is 35.0 Å². The third-order valence-electron chi connectivity index (χ3n) is 4.38. The Balaban J connectivity index is 1.85. The minimum absolute atomic E-state index is 0.103. The molecule has 0 amide bonds. The molecule has 1 aliphatic carbocycles. The van der Waals surface area contributed by atoms with E-state index in [2.05, 4.69) is 11.4 Å². The summed E-state index contributed by atoms with van der Waals surface area (Å²) in [5, 5.41) is 5.59. The molecule has 18 heavy (non-hydrogen) atoms. The predicted molar refractivity (Wildman–Crippen MR) is 72.9 cm³/mol. The molecule has 2 aliphatic rings. The van der Waals surface area contributed by atoms with Gasteiger partial charge in [-0.05, 0) is 62.4 Å². The first kappa shape index (κ1) is 10.9. The lowest BCUT2D eigenvalue weighted by molar-refractivity contribution is 0.275. The van der Waals surface area contributed by atoms with Crippen LogP contribution in [0.3, 0.4) is 0 Å². The van der Waals surface area contributed by atoms with Crippen molar-refractivity contribution in [3.8, 4) is 0 Å². The summed E-state index contributed by atoms with van der Waals surface area (Å²) in [7, 11) is 0. The summed E-state index contributed by atoms with van der Waals surface area (Å²) in [5.41, 5.74) is 1.05. The number of nitrogens with one attached hydrogen (secondary N) is 1. The van der Waals surface area contributed by atoms with Crippen LogP contribution in [0.5, 0.6) is 0 Å². The number of fused-ring (bicyclic) bond motifs is 1. The molecular weight excluding hydrogens is 246 g/mol. The number of benzene rings is 1. The van der Waals surface area contributed by atoms with Gasteiger partial charge in [0.2, 0.25) is 0 Å². The van der Waals surface area contributed by atoms with E-state index in [4.69, 9.17) is 16.0 Å². The summed E-state index contributed by atoms with van der Waals surface area (Å²) >= 11 is 6.04. The van der Waals surface area contributed by atoms with E-state index in [0.717, 1.165) is 34.2 Å². The van der Waals surface area contributed by atoms with Gasteiger partial charge in [-0.25, -0.2) is 0 Å². The van der Waals surface area contributed by atoms with Gasteiger partial charge < -0.3 is 9.73 Å². The van der Waals surface area contributed by atoms with Crippen LogP contribution in [0.2, 0.25) is 5.02 Å². The Hall–Kier alpha value is -0.990. The van der Waals surface area contributed by atoms with Crippen LogP contribution >= 0.6 is 11.6 Å². The normalized spacial score (nSPS) is 28.1. The molecule has 94 valence electrons. The van der Waals surface area contributed by atoms with Crippen molar-refractivity contribution in [2.24, 2.45) is 5.92 Å². The molecule has 3 heteroatoms. The van der Waals surface area contributed by atoms with Gasteiger partial charge in [0, 0.05) is 10.4 Å². The zero-order valence-corrected chi connectivity index (χ0v) is 11.0. The smallest absolute Gasteiger partial charge is 0.134 e. The Morgan fingerprint density at radius 3 is 2.89 bits per heavy atom. The van der Waals surface area contributed by atoms with Gasteiger partial charge in [0.05, 0.1) is 5.54 Å². The van der Waals surface area contributed by atoms with Crippen molar-refractivity contribution >= 4 is 22.6 Å². The van der Waals surface area contributed by atoms with E-state index in [1.54, 1.807) is 0 Å². The zero-order chi connectivity index (χ0) is 12.2. The van der Waals surface area contributed by atoms with Crippen LogP contribution in [0.15, 0.2) is 28.7 Å². The molecule has 2 heterocycles. The molecule has 0 radical (unpaired) electrons. The van der Waals surface area contributed by atoms with Crippen LogP contribution in [-0.4, -0.2) is 6.54 Å². The monoisotopic (exact) mass is 261 g/mol. The first-order valence-electron chi connectivity index (χ1n) is 6.72. The number of furan rings is 1. The first-order chi connectivity index (χ1) is 8.78. The van der Waals surface area contributed by atoms with Gasteiger partial charge in [-0.1, -0.05) is 11.6 Å². The molecule has 1 aromatic carbocycles. The van der Waals surface area contributed by atoms with E-state index in [1.807, 2.05) is 18.2 Å². The predicted octanol–water partition coefficient (Wildman–Crippen LogP) is 4.07. The molecule has 1 N–H and O–H groups in total. The minimum atomic E-state index is 0.103. The molecule has 0 spiro atoms. The lowest BCUT2D eigenvalue weighted by Crippen LogP contribution is -2.38. The van der Waals surface area contributed by atoms with Gasteiger partial charge >= 0.3 is 0 Å². The highest BCUT2D eigenvalue weighted by molar-refractivity contribution is 6.31. The maximum absolute atomic E-state index is 6.09. The van der Waals surface area contributed by atoms with Crippen LogP contribution in [0.4, 0.5) is 0 Å². The van der Waals surface area contributed by atoms with E-state index in [1.165, 1.54) is 25.7 Å². The van der Waals surface area contributed by atoms with Gasteiger partial charge in [-0.3, -0.25) is 0 Å². The average molecular weight is 262 g/mol. The fourth-order valence-electron chi connectivity index (χ4n) is 3.34. The van der Waals surface area contributed by atoms with Crippen molar-refractivity contribution in [3.63, 3.8) is 0 Å². The maximum atomic E-state index is 6.09. The average Bonchev–Trinajstić information content (AvgIpc) is 2.96. The van der Waals surface area contributed by atoms with Gasteiger partial charge in [-0.2, -0.15) is 0 Å². The van der Waals surface area contributed by atoms with Gasteiger partial charge in [0.15, 0.2) is 0 Å². The third-order valence-corrected chi connectivity index (χ3v) is 4.62. The van der Waals surface area contributed by atoms with Crippen LogP contribution in [0.1, 0.15) is 31.4 Å². The second-order valence-electron chi connectivity index (χ2n) is 5.57. The molecule has 2 fully saturated rings. The summed E-state index contributed by atoms with van der Waals surface area (Å²) in [6.07, 6.45) is 5.09. The number of halogens is 1. The molecule has 4 rings (SSSR count). The molecule has 2 aromatic rings. The topological polar surface area (TPSA) is 25.2 Å². The van der Waals surface area contributed by atoms with Crippen molar-refractivity contribution in [1.29, 1.82) is 0 Å². The van der Waals surface area contributed by atoms with Crippen molar-refractivity contribution in [1.82, 2.24) is 5.32 Å². The molecule has 1 saturated heterocycles. The Labute approximate surface area is 111 Å². The molecule has 1 aromatic heterocycles. The summed E-state index contributed by atoms with van der Waals surface area (Å²) in [6.45, 7) is 1.11. The molecule has 1 unspecified atom stereocenters. The van der Waals surface area contributed by atoms with Crippen molar-refractivity contribution < 1.29 is 4.42 Å². The van der Waals surface area contributed by atoms with E-state index < -0.39 is 0 Å². The summed E-state index contributed by atoms with van der Waals surface area (Å²) in [4.78, 5) is 0. The molecule has 2 nitrogen and oxygen atoms in total. The fraction of sp³-hybridized carbons (Fsp3) is 0.467. The third kappa shape index (κ3) is 1.52. The van der Waals surface area contributed by atoms with Gasteiger partial charge in [-0.15, -0.1) is 0 Å². The van der Waals surface area contributed by atoms with Crippen molar-refractivity contribution in [2.75, 3.05) is 6.54 Å². The minimum Gasteiger partial charge on any atom is -0.459 e. The SMILES string of the molecule is Clc1ccc2oc(C3(C4CC4)CCCN3)cc2c1. The van der Waals surface area contributed by atoms with Crippen LogP contribution < -0.4 is 5.32 Å². The number of hydrogen-bond acceptors (Lipinski definition) is 2. The zero-order valence-electron chi connectivity index (χ0n) is 10.2. The van der Waals surface area contributed by atoms with Gasteiger partial charge in [0.25, 0.3) is 0 Å². The van der Waals surface area contributed by atoms with Crippen LogP contribution in [-0.2, 0) is 5.54 Å². The standard InChI is InChI=1S/C15H16ClNO/c16-12-4-5-13-10(8-12)9-14(18-13)15(11-2-3-11)6-1-7-17-15/h4-5,8-9,11,17H,1-3,6-7H2. The second-order valence-corrected chi connectivity index (χ2v) is 6.01. The van der Waals surface area contributed by atoms with E-state index >= 15 is 0 Å². The van der Waals surface area contributed by atoms with E-state index in [-0.39, 0.29) is 5.54 Å². The lowest BCUT2D eigenvalue weighted by atomic mass is 9.88. The molecule has 1 saturated carbocycles. The quantitative estimate of drug-likeness (QED) is 0.881. The fourth-order valence-corrected chi connectivity index (χ4v) is 3.52. The summed E-state index contributed by atoms with van der Waals surface area (Å²) in [5.74, 6) is 1.87. The Kier molecular flexibility index (Phi) is 2.27. The Morgan fingerprint density at radius 2 is 2.17 bits per heavy atom. The highest BCUT2D eigenvalue weighted by Crippen LogP contribution is 2.51. The molecular formula is C15H16ClNO. The van der Waals surface area contributed by atoms with E-state index in [9.17, 15) is 0 Å². The van der Waals surface area contributed by atoms with E-state index in [0.29, 0.717) is 0 Å².